The van der Waals surface area contributed by atoms with E-state index in [1.165, 1.54) is 6.08 Å². The second-order valence-corrected chi connectivity index (χ2v) is 5.03. The summed E-state index contributed by atoms with van der Waals surface area (Å²) in [4.78, 5) is 24.6. The minimum absolute atomic E-state index is 0.176. The van der Waals surface area contributed by atoms with Gasteiger partial charge in [0.05, 0.1) is 17.6 Å². The van der Waals surface area contributed by atoms with Crippen molar-refractivity contribution in [2.75, 3.05) is 13.1 Å². The van der Waals surface area contributed by atoms with Crippen LogP contribution in [0.4, 0.5) is 0 Å². The number of hydrogen-bond acceptors (Lipinski definition) is 3. The fraction of sp³-hybridized carbons (Fsp3) is 0.312. The van der Waals surface area contributed by atoms with E-state index in [0.29, 0.717) is 24.9 Å². The van der Waals surface area contributed by atoms with Crippen LogP contribution in [0.1, 0.15) is 24.0 Å². The topological polar surface area (TPSA) is 81.4 Å². The van der Waals surface area contributed by atoms with Gasteiger partial charge < -0.3 is 10.0 Å². The summed E-state index contributed by atoms with van der Waals surface area (Å²) in [6, 6.07) is 8.93. The molecule has 1 atom stereocenters. The van der Waals surface area contributed by atoms with Crippen molar-refractivity contribution in [3.8, 4) is 6.07 Å². The molecular formula is C16H16N2O3. The van der Waals surface area contributed by atoms with Gasteiger partial charge in [-0.05, 0) is 36.6 Å². The number of carbonyl (C=O) groups is 2. The summed E-state index contributed by atoms with van der Waals surface area (Å²) < 4.78 is 0. The molecule has 5 nitrogen and oxygen atoms in total. The first-order chi connectivity index (χ1) is 10.1. The smallest absolute Gasteiger partial charge is 0.308 e. The number of carbonyl (C=O) groups excluding carboxylic acids is 1. The van der Waals surface area contributed by atoms with Crippen LogP contribution in [0.2, 0.25) is 0 Å². The third-order valence-electron chi connectivity index (χ3n) is 3.54. The zero-order chi connectivity index (χ0) is 15.2. The molecule has 1 N–H and O–H groups in total. The number of nitriles is 1. The number of piperidine rings is 1. The Hall–Kier alpha value is -2.61. The second kappa shape index (κ2) is 6.71. The fourth-order valence-corrected chi connectivity index (χ4v) is 2.32. The quantitative estimate of drug-likeness (QED) is 0.859. The highest BCUT2D eigenvalue weighted by molar-refractivity contribution is 5.92. The van der Waals surface area contributed by atoms with Gasteiger partial charge in [-0.3, -0.25) is 9.59 Å². The van der Waals surface area contributed by atoms with Crippen LogP contribution in [0.25, 0.3) is 6.08 Å². The molecule has 1 amide bonds. The van der Waals surface area contributed by atoms with E-state index in [0.717, 1.165) is 5.56 Å². The van der Waals surface area contributed by atoms with Crippen molar-refractivity contribution >= 4 is 18.0 Å². The third-order valence-corrected chi connectivity index (χ3v) is 3.54. The molecule has 0 bridgehead atoms. The van der Waals surface area contributed by atoms with Gasteiger partial charge in [-0.2, -0.15) is 5.26 Å². The average molecular weight is 284 g/mol. The molecule has 1 aliphatic heterocycles. The molecular weight excluding hydrogens is 268 g/mol. The first-order valence-corrected chi connectivity index (χ1v) is 6.80. The molecule has 1 fully saturated rings. The Morgan fingerprint density at radius 2 is 2.05 bits per heavy atom. The number of carboxylic acids is 1. The first-order valence-electron chi connectivity index (χ1n) is 6.80. The van der Waals surface area contributed by atoms with Gasteiger partial charge in [0.25, 0.3) is 0 Å². The van der Waals surface area contributed by atoms with Crippen molar-refractivity contribution in [1.29, 1.82) is 5.26 Å². The Morgan fingerprint density at radius 1 is 1.33 bits per heavy atom. The number of amides is 1. The van der Waals surface area contributed by atoms with Gasteiger partial charge in [0.2, 0.25) is 5.91 Å². The maximum Gasteiger partial charge on any atom is 0.308 e. The van der Waals surface area contributed by atoms with E-state index in [-0.39, 0.29) is 12.5 Å². The summed E-state index contributed by atoms with van der Waals surface area (Å²) >= 11 is 0. The third kappa shape index (κ3) is 3.93. The lowest BCUT2D eigenvalue weighted by atomic mass is 9.98. The largest absolute Gasteiger partial charge is 0.481 e. The number of nitrogens with zero attached hydrogens (tertiary/aromatic N) is 2. The van der Waals surface area contributed by atoms with E-state index >= 15 is 0 Å². The zero-order valence-corrected chi connectivity index (χ0v) is 11.5. The van der Waals surface area contributed by atoms with Gasteiger partial charge in [0.15, 0.2) is 0 Å². The summed E-state index contributed by atoms with van der Waals surface area (Å²) in [5.41, 5.74) is 1.40. The predicted octanol–water partition coefficient (Wildman–Crippen LogP) is 1.89. The van der Waals surface area contributed by atoms with E-state index in [2.05, 4.69) is 0 Å². The Balaban J connectivity index is 1.98. The van der Waals surface area contributed by atoms with E-state index in [9.17, 15) is 9.59 Å². The average Bonchev–Trinajstić information content (AvgIpc) is 2.53. The molecule has 1 saturated heterocycles. The number of aliphatic carboxylic acids is 1. The number of hydrogen-bond donors (Lipinski definition) is 1. The fourth-order valence-electron chi connectivity index (χ4n) is 2.32. The van der Waals surface area contributed by atoms with E-state index in [4.69, 9.17) is 10.4 Å². The molecule has 0 radical (unpaired) electrons. The van der Waals surface area contributed by atoms with E-state index < -0.39 is 11.9 Å². The van der Waals surface area contributed by atoms with Crippen LogP contribution in [0.5, 0.6) is 0 Å². The highest BCUT2D eigenvalue weighted by atomic mass is 16.4. The highest BCUT2D eigenvalue weighted by Gasteiger charge is 2.26. The SMILES string of the molecule is N#Cc1ccc(/C=C/C(=O)N2CCC[C@H](C(=O)O)C2)cc1. The van der Waals surface area contributed by atoms with Crippen molar-refractivity contribution in [1.82, 2.24) is 4.90 Å². The Morgan fingerprint density at radius 3 is 2.67 bits per heavy atom. The molecule has 0 saturated carbocycles. The molecule has 0 aromatic heterocycles. The lowest BCUT2D eigenvalue weighted by molar-refractivity contribution is -0.144. The van der Waals surface area contributed by atoms with Gasteiger partial charge in [0, 0.05) is 19.2 Å². The van der Waals surface area contributed by atoms with Crippen LogP contribution in [-0.4, -0.2) is 35.0 Å². The summed E-state index contributed by atoms with van der Waals surface area (Å²) in [6.07, 6.45) is 4.46. The van der Waals surface area contributed by atoms with Crippen LogP contribution in [-0.2, 0) is 9.59 Å². The number of carboxylic acid groups (broad SMARTS) is 1. The maximum absolute atomic E-state index is 12.1. The zero-order valence-electron chi connectivity index (χ0n) is 11.5. The van der Waals surface area contributed by atoms with Crippen LogP contribution in [0, 0.1) is 17.2 Å². The van der Waals surface area contributed by atoms with E-state index in [1.54, 1.807) is 35.2 Å². The second-order valence-electron chi connectivity index (χ2n) is 5.03. The van der Waals surface area contributed by atoms with Gasteiger partial charge >= 0.3 is 5.97 Å². The minimum Gasteiger partial charge on any atom is -0.481 e. The Bertz CT molecular complexity index is 599. The number of likely N-dealkylation sites (tertiary alicyclic amines) is 1. The molecule has 1 aromatic rings. The predicted molar refractivity (Wildman–Crippen MR) is 77.1 cm³/mol. The normalized spacial score (nSPS) is 18.4. The lowest BCUT2D eigenvalue weighted by Gasteiger charge is -2.29. The van der Waals surface area contributed by atoms with Crippen molar-refractivity contribution in [2.24, 2.45) is 5.92 Å². The monoisotopic (exact) mass is 284 g/mol. The van der Waals surface area contributed by atoms with Crippen molar-refractivity contribution in [3.63, 3.8) is 0 Å². The van der Waals surface area contributed by atoms with Gasteiger partial charge in [0.1, 0.15) is 0 Å². The Labute approximate surface area is 123 Å². The standard InChI is InChI=1S/C16H16N2O3/c17-10-13-5-3-12(4-6-13)7-8-15(19)18-9-1-2-14(11-18)16(20)21/h3-8,14H,1-2,9,11H2,(H,20,21)/b8-7+/t14-/m0/s1. The molecule has 2 rings (SSSR count). The molecule has 0 spiro atoms. The summed E-state index contributed by atoms with van der Waals surface area (Å²) in [5, 5.41) is 17.7. The van der Waals surface area contributed by atoms with Crippen molar-refractivity contribution in [3.05, 3.63) is 41.5 Å². The van der Waals surface area contributed by atoms with Gasteiger partial charge in [-0.15, -0.1) is 0 Å². The lowest BCUT2D eigenvalue weighted by Crippen LogP contribution is -2.41. The van der Waals surface area contributed by atoms with Crippen LogP contribution < -0.4 is 0 Å². The minimum atomic E-state index is -0.844. The summed E-state index contributed by atoms with van der Waals surface area (Å²) in [6.45, 7) is 0.867. The molecule has 0 unspecified atom stereocenters. The first kappa shape index (κ1) is 14.8. The van der Waals surface area contributed by atoms with Gasteiger partial charge in [-0.25, -0.2) is 0 Å². The molecule has 5 heteroatoms. The van der Waals surface area contributed by atoms with Gasteiger partial charge in [-0.1, -0.05) is 12.1 Å². The maximum atomic E-state index is 12.1. The number of benzene rings is 1. The molecule has 1 aromatic carbocycles. The van der Waals surface area contributed by atoms with E-state index in [1.807, 2.05) is 6.07 Å². The van der Waals surface area contributed by atoms with Crippen LogP contribution in [0.3, 0.4) is 0 Å². The number of rotatable bonds is 3. The summed E-state index contributed by atoms with van der Waals surface area (Å²) in [5.74, 6) is -1.49. The molecule has 1 heterocycles. The van der Waals surface area contributed by atoms with Crippen molar-refractivity contribution < 1.29 is 14.7 Å². The van der Waals surface area contributed by atoms with Crippen molar-refractivity contribution in [2.45, 2.75) is 12.8 Å². The molecule has 0 aliphatic carbocycles. The Kier molecular flexibility index (Phi) is 4.72. The van der Waals surface area contributed by atoms with Crippen LogP contribution in [0.15, 0.2) is 30.3 Å². The molecule has 108 valence electrons. The summed E-state index contributed by atoms with van der Waals surface area (Å²) in [7, 11) is 0. The van der Waals surface area contributed by atoms with Crippen LogP contribution >= 0.6 is 0 Å². The molecule has 1 aliphatic rings. The highest BCUT2D eigenvalue weighted by Crippen LogP contribution is 2.17. The molecule has 21 heavy (non-hydrogen) atoms.